The molecule has 3 heterocycles. The van der Waals surface area contributed by atoms with Crippen LogP contribution in [0.2, 0.25) is 0 Å². The van der Waals surface area contributed by atoms with Crippen LogP contribution in [-0.2, 0) is 12.8 Å². The summed E-state index contributed by atoms with van der Waals surface area (Å²) in [6.45, 7) is 1.89. The van der Waals surface area contributed by atoms with Crippen molar-refractivity contribution in [1.82, 2.24) is 15.4 Å². The first kappa shape index (κ1) is 16.3. The van der Waals surface area contributed by atoms with Crippen molar-refractivity contribution in [2.75, 3.05) is 5.43 Å². The predicted octanol–water partition coefficient (Wildman–Crippen LogP) is 4.38. The van der Waals surface area contributed by atoms with E-state index < -0.39 is 0 Å². The maximum atomic E-state index is 12.7. The van der Waals surface area contributed by atoms with Gasteiger partial charge in [0.15, 0.2) is 11.6 Å². The topological polar surface area (TPSA) is 80.0 Å². The Morgan fingerprint density at radius 2 is 2.04 bits per heavy atom. The molecule has 1 aliphatic rings. The number of para-hydroxylation sites is 1. The van der Waals surface area contributed by atoms with Crippen molar-refractivity contribution < 1.29 is 9.21 Å². The zero-order valence-corrected chi connectivity index (χ0v) is 15.7. The van der Waals surface area contributed by atoms with E-state index in [1.807, 2.05) is 31.2 Å². The fourth-order valence-corrected chi connectivity index (χ4v) is 4.98. The number of amides is 1. The third kappa shape index (κ3) is 2.66. The molecule has 0 saturated heterocycles. The largest absolute Gasteiger partial charge is 0.451 e. The third-order valence-corrected chi connectivity index (χ3v) is 6.30. The average Bonchev–Trinajstić information content (AvgIpc) is 3.24. The van der Waals surface area contributed by atoms with Crippen LogP contribution in [0.5, 0.6) is 0 Å². The summed E-state index contributed by atoms with van der Waals surface area (Å²) in [5.74, 6) is 0.627. The Morgan fingerprint density at radius 1 is 1.19 bits per heavy atom. The molecule has 2 N–H and O–H groups in total. The maximum Gasteiger partial charge on any atom is 0.305 e. The molecular weight excluding hydrogens is 360 g/mol. The highest BCUT2D eigenvalue weighted by molar-refractivity contribution is 7.19. The van der Waals surface area contributed by atoms with Crippen molar-refractivity contribution in [2.24, 2.45) is 0 Å². The van der Waals surface area contributed by atoms with Gasteiger partial charge in [-0.1, -0.05) is 18.2 Å². The number of anilines is 1. The fourth-order valence-electron chi connectivity index (χ4n) is 3.75. The van der Waals surface area contributed by atoms with E-state index in [0.29, 0.717) is 17.2 Å². The van der Waals surface area contributed by atoms with Gasteiger partial charge in [-0.2, -0.15) is 0 Å². The summed E-state index contributed by atoms with van der Waals surface area (Å²) in [4.78, 5) is 23.8. The first-order chi connectivity index (χ1) is 13.2. The number of carbonyl (C=O) groups excluding carboxylic acids is 1. The van der Waals surface area contributed by atoms with Gasteiger partial charge in [0.1, 0.15) is 16.7 Å². The highest BCUT2D eigenvalue weighted by Crippen LogP contribution is 2.37. The number of aromatic nitrogens is 2. The highest BCUT2D eigenvalue weighted by atomic mass is 32.1. The normalized spacial score (nSPS) is 13.7. The predicted molar refractivity (Wildman–Crippen MR) is 106 cm³/mol. The van der Waals surface area contributed by atoms with Crippen LogP contribution in [0.25, 0.3) is 21.2 Å². The molecule has 0 radical (unpaired) electrons. The summed E-state index contributed by atoms with van der Waals surface area (Å²) in [6, 6.07) is 7.63. The molecule has 0 spiro atoms. The van der Waals surface area contributed by atoms with Gasteiger partial charge in [0.2, 0.25) is 0 Å². The van der Waals surface area contributed by atoms with Crippen LogP contribution in [0.4, 0.5) is 5.82 Å². The SMILES string of the molecule is Cc1c(C(=O)NNc2ncnc3sc4c(c23)CCCC4)oc2ccccc12. The Morgan fingerprint density at radius 3 is 2.93 bits per heavy atom. The van der Waals surface area contributed by atoms with Crippen LogP contribution in [-0.4, -0.2) is 15.9 Å². The summed E-state index contributed by atoms with van der Waals surface area (Å²) in [5.41, 5.74) is 8.57. The number of fused-ring (bicyclic) bond motifs is 4. The molecular formula is C20H18N4O2S. The maximum absolute atomic E-state index is 12.7. The number of thiophene rings is 1. The van der Waals surface area contributed by atoms with Crippen molar-refractivity contribution >= 4 is 44.2 Å². The van der Waals surface area contributed by atoms with E-state index in [-0.39, 0.29) is 5.91 Å². The highest BCUT2D eigenvalue weighted by Gasteiger charge is 2.21. The number of furan rings is 1. The number of nitrogens with zero attached hydrogens (tertiary/aromatic N) is 2. The minimum atomic E-state index is -0.320. The molecule has 4 aromatic rings. The molecule has 136 valence electrons. The van der Waals surface area contributed by atoms with Crippen molar-refractivity contribution in [3.05, 3.63) is 52.4 Å². The van der Waals surface area contributed by atoms with Crippen LogP contribution in [0.1, 0.15) is 39.4 Å². The zero-order valence-electron chi connectivity index (χ0n) is 14.8. The summed E-state index contributed by atoms with van der Waals surface area (Å²) in [7, 11) is 0. The number of hydrogen-bond donors (Lipinski definition) is 2. The molecule has 7 heteroatoms. The van der Waals surface area contributed by atoms with Crippen LogP contribution in [0, 0.1) is 6.92 Å². The third-order valence-electron chi connectivity index (χ3n) is 5.10. The molecule has 0 atom stereocenters. The lowest BCUT2D eigenvalue weighted by Crippen LogP contribution is -2.30. The Hall–Kier alpha value is -2.93. The summed E-state index contributed by atoms with van der Waals surface area (Å²) in [5, 5.41) is 1.97. The smallest absolute Gasteiger partial charge is 0.305 e. The lowest BCUT2D eigenvalue weighted by atomic mass is 9.97. The molecule has 0 unspecified atom stereocenters. The van der Waals surface area contributed by atoms with Crippen molar-refractivity contribution in [3.63, 3.8) is 0 Å². The van der Waals surface area contributed by atoms with Crippen LogP contribution in [0.15, 0.2) is 35.0 Å². The van der Waals surface area contributed by atoms with E-state index >= 15 is 0 Å². The van der Waals surface area contributed by atoms with E-state index in [2.05, 4.69) is 20.8 Å². The van der Waals surface area contributed by atoms with Gasteiger partial charge in [0.05, 0.1) is 5.39 Å². The Labute approximate surface area is 159 Å². The van der Waals surface area contributed by atoms with Gasteiger partial charge in [-0.05, 0) is 44.2 Å². The van der Waals surface area contributed by atoms with E-state index in [9.17, 15) is 4.79 Å². The molecule has 1 aliphatic carbocycles. The minimum absolute atomic E-state index is 0.307. The lowest BCUT2D eigenvalue weighted by molar-refractivity contribution is 0.0936. The Kier molecular flexibility index (Phi) is 3.82. The van der Waals surface area contributed by atoms with E-state index in [1.54, 1.807) is 11.3 Å². The van der Waals surface area contributed by atoms with Crippen LogP contribution in [0.3, 0.4) is 0 Å². The second-order valence-corrected chi connectivity index (χ2v) is 7.83. The minimum Gasteiger partial charge on any atom is -0.451 e. The second kappa shape index (κ2) is 6.35. The summed E-state index contributed by atoms with van der Waals surface area (Å²) >= 11 is 1.73. The van der Waals surface area contributed by atoms with E-state index in [4.69, 9.17) is 4.42 Å². The number of hydrogen-bond acceptors (Lipinski definition) is 6. The number of nitrogens with one attached hydrogen (secondary N) is 2. The monoisotopic (exact) mass is 378 g/mol. The first-order valence-electron chi connectivity index (χ1n) is 9.02. The molecule has 0 bridgehead atoms. The number of hydrazine groups is 1. The quantitative estimate of drug-likeness (QED) is 0.517. The van der Waals surface area contributed by atoms with E-state index in [0.717, 1.165) is 34.0 Å². The second-order valence-electron chi connectivity index (χ2n) is 6.74. The van der Waals surface area contributed by atoms with Gasteiger partial charge in [-0.15, -0.1) is 11.3 Å². The molecule has 3 aromatic heterocycles. The Bertz CT molecular complexity index is 1180. The lowest BCUT2D eigenvalue weighted by Gasteiger charge is -2.12. The molecule has 1 amide bonds. The number of benzene rings is 1. The Balaban J connectivity index is 1.45. The zero-order chi connectivity index (χ0) is 18.4. The average molecular weight is 378 g/mol. The van der Waals surface area contributed by atoms with Crippen LogP contribution < -0.4 is 10.9 Å². The molecule has 0 aliphatic heterocycles. The van der Waals surface area contributed by atoms with Crippen molar-refractivity contribution in [1.29, 1.82) is 0 Å². The van der Waals surface area contributed by atoms with Gasteiger partial charge >= 0.3 is 5.91 Å². The standard InChI is InChI=1S/C20H18N4O2S/c1-11-12-6-2-4-8-14(12)26-17(11)19(25)24-23-18-16-13-7-3-5-9-15(13)27-20(16)22-10-21-18/h2,4,6,8,10H,3,5,7,9H2,1H3,(H,24,25)(H,21,22,23). The van der Waals surface area contributed by atoms with Gasteiger partial charge < -0.3 is 4.42 Å². The molecule has 1 aromatic carbocycles. The first-order valence-corrected chi connectivity index (χ1v) is 9.84. The molecule has 27 heavy (non-hydrogen) atoms. The molecule has 5 rings (SSSR count). The van der Waals surface area contributed by atoms with Gasteiger partial charge in [0, 0.05) is 15.8 Å². The van der Waals surface area contributed by atoms with Gasteiger partial charge in [0.25, 0.3) is 0 Å². The number of aryl methyl sites for hydroxylation is 3. The molecule has 0 fully saturated rings. The fraction of sp³-hybridized carbons (Fsp3) is 0.250. The summed E-state index contributed by atoms with van der Waals surface area (Å²) in [6.07, 6.45) is 6.06. The number of carbonyl (C=O) groups is 1. The summed E-state index contributed by atoms with van der Waals surface area (Å²) < 4.78 is 5.73. The van der Waals surface area contributed by atoms with Crippen LogP contribution >= 0.6 is 11.3 Å². The van der Waals surface area contributed by atoms with E-state index in [1.165, 1.54) is 29.6 Å². The van der Waals surface area contributed by atoms with Gasteiger partial charge in [-0.25, -0.2) is 9.97 Å². The van der Waals surface area contributed by atoms with Crippen molar-refractivity contribution in [2.45, 2.75) is 32.6 Å². The molecule has 0 saturated carbocycles. The number of rotatable bonds is 3. The molecule has 6 nitrogen and oxygen atoms in total. The van der Waals surface area contributed by atoms with Gasteiger partial charge in [-0.3, -0.25) is 15.6 Å². The van der Waals surface area contributed by atoms with Crippen molar-refractivity contribution in [3.8, 4) is 0 Å².